The Morgan fingerprint density at radius 2 is 1.97 bits per heavy atom. The van der Waals surface area contributed by atoms with Gasteiger partial charge in [0.1, 0.15) is 12.1 Å². The molecule has 34 heavy (non-hydrogen) atoms. The van der Waals surface area contributed by atoms with Crippen molar-refractivity contribution in [1.29, 1.82) is 5.26 Å². The van der Waals surface area contributed by atoms with E-state index in [-0.39, 0.29) is 17.9 Å². The van der Waals surface area contributed by atoms with Gasteiger partial charge in [0.05, 0.1) is 35.8 Å². The summed E-state index contributed by atoms with van der Waals surface area (Å²) in [5.41, 5.74) is 1.96. The van der Waals surface area contributed by atoms with Crippen molar-refractivity contribution in [2.75, 3.05) is 13.7 Å². The van der Waals surface area contributed by atoms with Gasteiger partial charge in [-0.05, 0) is 45.8 Å². The Hall–Kier alpha value is -3.27. The number of sulfonamides is 1. The fourth-order valence-electron chi connectivity index (χ4n) is 3.17. The Kier molecular flexibility index (Phi) is 8.38. The lowest BCUT2D eigenvalue weighted by molar-refractivity contribution is -0.142. The Balaban J connectivity index is 1.56. The van der Waals surface area contributed by atoms with Gasteiger partial charge in [-0.3, -0.25) is 9.59 Å². The molecule has 2 N–H and O–H groups in total. The molecule has 10 nitrogen and oxygen atoms in total. The van der Waals surface area contributed by atoms with Crippen LogP contribution in [0.5, 0.6) is 0 Å². The first-order valence-corrected chi connectivity index (χ1v) is 12.4. The smallest absolute Gasteiger partial charge is 0.325 e. The van der Waals surface area contributed by atoms with Crippen LogP contribution in [0, 0.1) is 11.3 Å². The normalized spacial score (nSPS) is 16.0. The van der Waals surface area contributed by atoms with Gasteiger partial charge in [-0.25, -0.2) is 8.42 Å². The second-order valence-corrected chi connectivity index (χ2v) is 9.83. The number of amides is 1. The highest BCUT2D eigenvalue weighted by molar-refractivity contribution is 9.10. The maximum atomic E-state index is 12.7. The minimum Gasteiger partial charge on any atom is -0.468 e. The van der Waals surface area contributed by atoms with Crippen LogP contribution in [-0.4, -0.2) is 51.8 Å². The van der Waals surface area contributed by atoms with E-state index in [1.165, 1.54) is 6.07 Å². The zero-order valence-corrected chi connectivity index (χ0v) is 20.4. The average Bonchev–Trinajstić information content (AvgIpc) is 3.29. The van der Waals surface area contributed by atoms with Crippen molar-refractivity contribution < 1.29 is 27.6 Å². The Labute approximate surface area is 205 Å². The highest BCUT2D eigenvalue weighted by Gasteiger charge is 2.29. The second-order valence-electron chi connectivity index (χ2n) is 7.29. The van der Waals surface area contributed by atoms with Crippen LogP contribution < -0.4 is 10.0 Å². The van der Waals surface area contributed by atoms with Crippen LogP contribution >= 0.6 is 15.9 Å². The Bertz CT molecular complexity index is 1240. The summed E-state index contributed by atoms with van der Waals surface area (Å²) >= 11 is 3.17. The summed E-state index contributed by atoms with van der Waals surface area (Å²) in [5.74, 6) is -1.30. The summed E-state index contributed by atoms with van der Waals surface area (Å²) < 4.78 is 32.7. The van der Waals surface area contributed by atoms with Crippen LogP contribution in [0.25, 0.3) is 0 Å². The molecule has 0 radical (unpaired) electrons. The number of methoxy groups -OCH3 is 1. The van der Waals surface area contributed by atoms with Crippen LogP contribution in [0.3, 0.4) is 0 Å². The number of carbonyl (C=O) groups excluding carboxylic acids is 2. The van der Waals surface area contributed by atoms with Crippen molar-refractivity contribution in [1.82, 2.24) is 10.0 Å². The molecule has 12 heteroatoms. The van der Waals surface area contributed by atoms with Gasteiger partial charge in [0.15, 0.2) is 0 Å². The molecule has 2 aromatic rings. The summed E-state index contributed by atoms with van der Waals surface area (Å²) in [6.07, 6.45) is -0.179. The maximum absolute atomic E-state index is 12.7. The Morgan fingerprint density at radius 1 is 1.26 bits per heavy atom. The number of benzene rings is 2. The Morgan fingerprint density at radius 3 is 2.62 bits per heavy atom. The highest BCUT2D eigenvalue weighted by atomic mass is 79.9. The topological polar surface area (TPSA) is 147 Å². The van der Waals surface area contributed by atoms with Gasteiger partial charge in [-0.2, -0.15) is 9.98 Å². The van der Waals surface area contributed by atoms with Gasteiger partial charge in [0, 0.05) is 17.4 Å². The number of nitriles is 1. The SMILES string of the molecule is COC(=O)[C@H](CNC(=O)C[C@H]1CC(c2ccc(C#N)cc2)=NO1)NS(=O)(=O)c1ccccc1Br. The predicted octanol–water partition coefficient (Wildman–Crippen LogP) is 1.84. The third-order valence-electron chi connectivity index (χ3n) is 4.91. The molecule has 0 aromatic heterocycles. The lowest BCUT2D eigenvalue weighted by atomic mass is 10.0. The number of nitrogens with zero attached hydrogens (tertiary/aromatic N) is 2. The zero-order chi connectivity index (χ0) is 24.7. The molecule has 178 valence electrons. The first-order chi connectivity index (χ1) is 16.2. The molecule has 0 saturated carbocycles. The number of rotatable bonds is 9. The first-order valence-electron chi connectivity index (χ1n) is 10.1. The molecular weight excluding hydrogens is 528 g/mol. The molecule has 3 rings (SSSR count). The quantitative estimate of drug-likeness (QED) is 0.454. The van der Waals surface area contributed by atoms with E-state index in [9.17, 15) is 18.0 Å². The van der Waals surface area contributed by atoms with E-state index < -0.39 is 34.0 Å². The summed E-state index contributed by atoms with van der Waals surface area (Å²) in [7, 11) is -2.95. The lowest BCUT2D eigenvalue weighted by Gasteiger charge is -2.18. The van der Waals surface area contributed by atoms with Crippen molar-refractivity contribution in [3.05, 3.63) is 64.1 Å². The number of esters is 1. The maximum Gasteiger partial charge on any atom is 0.325 e. The third-order valence-corrected chi connectivity index (χ3v) is 7.39. The summed E-state index contributed by atoms with van der Waals surface area (Å²) in [6, 6.07) is 13.7. The van der Waals surface area contributed by atoms with Gasteiger partial charge in [0.25, 0.3) is 0 Å². The first kappa shape index (κ1) is 25.4. The number of carbonyl (C=O) groups is 2. The van der Waals surface area contributed by atoms with E-state index in [2.05, 4.69) is 35.9 Å². The molecule has 0 fully saturated rings. The molecule has 1 heterocycles. The summed E-state index contributed by atoms with van der Waals surface area (Å²) in [4.78, 5) is 29.8. The second kappa shape index (κ2) is 11.2. The third kappa shape index (κ3) is 6.40. The molecule has 2 atom stereocenters. The minimum absolute atomic E-state index is 0.0475. The highest BCUT2D eigenvalue weighted by Crippen LogP contribution is 2.22. The molecule has 0 aliphatic carbocycles. The number of hydrogen-bond acceptors (Lipinski definition) is 8. The van der Waals surface area contributed by atoms with E-state index in [1.54, 1.807) is 42.5 Å². The van der Waals surface area contributed by atoms with Gasteiger partial charge in [-0.1, -0.05) is 29.4 Å². The molecule has 1 amide bonds. The molecule has 0 unspecified atom stereocenters. The number of nitrogens with one attached hydrogen (secondary N) is 2. The molecule has 2 aromatic carbocycles. The van der Waals surface area contributed by atoms with Crippen LogP contribution in [-0.2, 0) is 29.2 Å². The number of halogens is 1. The molecule has 1 aliphatic heterocycles. The van der Waals surface area contributed by atoms with E-state index >= 15 is 0 Å². The van der Waals surface area contributed by atoms with Crippen LogP contribution in [0.2, 0.25) is 0 Å². The standard InChI is InChI=1S/C22H21BrN4O6S/c1-32-22(29)19(27-34(30,31)20-5-3-2-4-17(20)23)13-25-21(28)11-16-10-18(26-33-16)15-8-6-14(12-24)7-9-15/h2-9,16,19,27H,10-11,13H2,1H3,(H,25,28)/t16-,19+/m1/s1. The van der Waals surface area contributed by atoms with Crippen molar-refractivity contribution in [3.8, 4) is 6.07 Å². The largest absolute Gasteiger partial charge is 0.468 e. The predicted molar refractivity (Wildman–Crippen MR) is 125 cm³/mol. The van der Waals surface area contributed by atoms with Gasteiger partial charge < -0.3 is 14.9 Å². The summed E-state index contributed by atoms with van der Waals surface area (Å²) in [5, 5.41) is 15.4. The van der Waals surface area contributed by atoms with Crippen LogP contribution in [0.15, 0.2) is 63.1 Å². The molecule has 0 spiro atoms. The van der Waals surface area contributed by atoms with Crippen molar-refractivity contribution in [2.24, 2.45) is 5.16 Å². The van der Waals surface area contributed by atoms with Gasteiger partial charge in [0.2, 0.25) is 15.9 Å². The fraction of sp³-hybridized carbons (Fsp3) is 0.273. The fourth-order valence-corrected chi connectivity index (χ4v) is 5.36. The van der Waals surface area contributed by atoms with E-state index in [0.29, 0.717) is 22.2 Å². The monoisotopic (exact) mass is 548 g/mol. The molecular formula is C22H21BrN4O6S. The van der Waals surface area contributed by atoms with Crippen LogP contribution in [0.1, 0.15) is 24.0 Å². The summed E-state index contributed by atoms with van der Waals surface area (Å²) in [6.45, 7) is -0.314. The number of oxime groups is 1. The van der Waals surface area contributed by atoms with E-state index in [0.717, 1.165) is 12.7 Å². The molecule has 0 bridgehead atoms. The van der Waals surface area contributed by atoms with E-state index in [4.69, 9.17) is 10.1 Å². The van der Waals surface area contributed by atoms with Crippen LogP contribution in [0.4, 0.5) is 0 Å². The van der Waals surface area contributed by atoms with Crippen molar-refractivity contribution in [3.63, 3.8) is 0 Å². The molecule has 1 aliphatic rings. The molecule has 0 saturated heterocycles. The number of ether oxygens (including phenoxy) is 1. The van der Waals surface area contributed by atoms with Gasteiger partial charge >= 0.3 is 5.97 Å². The minimum atomic E-state index is -4.07. The van der Waals surface area contributed by atoms with Gasteiger partial charge in [-0.15, -0.1) is 0 Å². The lowest BCUT2D eigenvalue weighted by Crippen LogP contribution is -2.49. The number of hydrogen-bond donors (Lipinski definition) is 2. The zero-order valence-electron chi connectivity index (χ0n) is 18.0. The van der Waals surface area contributed by atoms with Crippen molar-refractivity contribution in [2.45, 2.75) is 29.9 Å². The van der Waals surface area contributed by atoms with Crippen molar-refractivity contribution >= 4 is 43.5 Å². The van der Waals surface area contributed by atoms with E-state index in [1.807, 2.05) is 6.07 Å². The average molecular weight is 549 g/mol.